The first-order chi connectivity index (χ1) is 23.3. The van der Waals surface area contributed by atoms with Gasteiger partial charge in [-0.3, -0.25) is 9.36 Å². The maximum atomic E-state index is 14.3. The minimum atomic E-state index is -0.824. The molecule has 2 heterocycles. The number of hydrogen-bond donors (Lipinski definition) is 0. The van der Waals surface area contributed by atoms with E-state index in [2.05, 4.69) is 11.6 Å². The van der Waals surface area contributed by atoms with Crippen LogP contribution in [0, 0.1) is 5.82 Å². The first kappa shape index (κ1) is 34.2. The Hall–Kier alpha value is -5.16. The van der Waals surface area contributed by atoms with Crippen LogP contribution in [-0.4, -0.2) is 37.5 Å². The van der Waals surface area contributed by atoms with E-state index < -0.39 is 12.0 Å². The Kier molecular flexibility index (Phi) is 11.1. The SMILES string of the molecule is C=CCc1cc(/C=c2\sc3n(c2=O)[C@H](c2ccc(OCC)c(OCC)c2)C(C(=O)OC)=CN=3)cc(OCC)c1OCc1ccccc1F. The van der Waals surface area contributed by atoms with Crippen molar-refractivity contribution in [2.45, 2.75) is 39.8 Å². The van der Waals surface area contributed by atoms with E-state index in [1.807, 2.05) is 26.8 Å². The van der Waals surface area contributed by atoms with Crippen molar-refractivity contribution in [2.24, 2.45) is 4.99 Å². The highest BCUT2D eigenvalue weighted by Crippen LogP contribution is 2.36. The molecule has 3 aromatic carbocycles. The van der Waals surface area contributed by atoms with Gasteiger partial charge in [-0.25, -0.2) is 14.2 Å². The average molecular weight is 673 g/mol. The van der Waals surface area contributed by atoms with E-state index in [0.29, 0.717) is 75.3 Å². The molecule has 9 nitrogen and oxygen atoms in total. The van der Waals surface area contributed by atoms with E-state index in [1.165, 1.54) is 35.3 Å². The molecule has 0 amide bonds. The van der Waals surface area contributed by atoms with Gasteiger partial charge < -0.3 is 23.7 Å². The van der Waals surface area contributed by atoms with Gasteiger partial charge in [0, 0.05) is 17.3 Å². The number of ether oxygens (including phenoxy) is 5. The minimum Gasteiger partial charge on any atom is -0.490 e. The molecule has 0 bridgehead atoms. The number of esters is 1. The Morgan fingerprint density at radius 3 is 2.40 bits per heavy atom. The maximum absolute atomic E-state index is 14.3. The molecule has 11 heteroatoms. The number of aromatic nitrogens is 1. The lowest BCUT2D eigenvalue weighted by atomic mass is 9.97. The summed E-state index contributed by atoms with van der Waals surface area (Å²) in [5.41, 5.74) is 2.35. The summed E-state index contributed by atoms with van der Waals surface area (Å²) in [6.07, 6.45) is 5.38. The molecule has 5 rings (SSSR count). The monoisotopic (exact) mass is 672 g/mol. The molecule has 0 saturated carbocycles. The summed E-state index contributed by atoms with van der Waals surface area (Å²) in [6.45, 7) is 10.7. The Bertz CT molecular complexity index is 2030. The highest BCUT2D eigenvalue weighted by Gasteiger charge is 2.31. The Morgan fingerprint density at radius 2 is 1.69 bits per heavy atom. The number of benzene rings is 3. The minimum absolute atomic E-state index is 0.00786. The third kappa shape index (κ3) is 7.21. The third-order valence-electron chi connectivity index (χ3n) is 7.45. The zero-order chi connectivity index (χ0) is 34.2. The van der Waals surface area contributed by atoms with Gasteiger partial charge in [0.1, 0.15) is 12.4 Å². The lowest BCUT2D eigenvalue weighted by Gasteiger charge is -2.23. The Balaban J connectivity index is 1.62. The molecule has 48 heavy (non-hydrogen) atoms. The highest BCUT2D eigenvalue weighted by molar-refractivity contribution is 7.07. The fraction of sp³-hybridized carbons (Fsp3) is 0.270. The second kappa shape index (κ2) is 15.6. The molecule has 0 saturated heterocycles. The first-order valence-electron chi connectivity index (χ1n) is 15.6. The third-order valence-corrected chi connectivity index (χ3v) is 8.45. The predicted molar refractivity (Wildman–Crippen MR) is 182 cm³/mol. The molecule has 0 unspecified atom stereocenters. The van der Waals surface area contributed by atoms with Crippen molar-refractivity contribution < 1.29 is 32.9 Å². The number of allylic oxidation sites excluding steroid dienone is 1. The van der Waals surface area contributed by atoms with Crippen LogP contribution >= 0.6 is 11.3 Å². The molecule has 0 aliphatic carbocycles. The van der Waals surface area contributed by atoms with E-state index >= 15 is 0 Å². The number of hydrogen-bond acceptors (Lipinski definition) is 9. The zero-order valence-corrected chi connectivity index (χ0v) is 28.1. The van der Waals surface area contributed by atoms with Crippen molar-refractivity contribution in [2.75, 3.05) is 26.9 Å². The summed E-state index contributed by atoms with van der Waals surface area (Å²) in [5, 5.41) is 0. The van der Waals surface area contributed by atoms with Gasteiger partial charge in [0.2, 0.25) is 0 Å². The van der Waals surface area contributed by atoms with Crippen LogP contribution in [0.5, 0.6) is 23.0 Å². The van der Waals surface area contributed by atoms with E-state index in [9.17, 15) is 14.0 Å². The van der Waals surface area contributed by atoms with Gasteiger partial charge in [0.25, 0.3) is 5.56 Å². The van der Waals surface area contributed by atoms with Crippen molar-refractivity contribution in [3.63, 3.8) is 0 Å². The molecule has 1 atom stereocenters. The maximum Gasteiger partial charge on any atom is 0.337 e. The number of carbonyl (C=O) groups is 1. The smallest absolute Gasteiger partial charge is 0.337 e. The van der Waals surface area contributed by atoms with Crippen LogP contribution in [0.4, 0.5) is 4.39 Å². The van der Waals surface area contributed by atoms with Crippen LogP contribution in [0.25, 0.3) is 6.08 Å². The highest BCUT2D eigenvalue weighted by atomic mass is 32.1. The summed E-state index contributed by atoms with van der Waals surface area (Å²) >= 11 is 1.20. The number of fused-ring (bicyclic) bond motifs is 1. The van der Waals surface area contributed by atoms with Crippen molar-refractivity contribution >= 4 is 23.4 Å². The summed E-state index contributed by atoms with van der Waals surface area (Å²) in [6, 6.07) is 14.6. The van der Waals surface area contributed by atoms with Crippen LogP contribution in [0.15, 0.2) is 88.8 Å². The van der Waals surface area contributed by atoms with E-state index in [4.69, 9.17) is 23.7 Å². The molecule has 1 aromatic heterocycles. The summed E-state index contributed by atoms with van der Waals surface area (Å²) in [7, 11) is 1.29. The van der Waals surface area contributed by atoms with Crippen LogP contribution in [0.3, 0.4) is 0 Å². The molecule has 0 radical (unpaired) electrons. The molecule has 1 aliphatic heterocycles. The molecule has 0 N–H and O–H groups in total. The van der Waals surface area contributed by atoms with Crippen molar-refractivity contribution in [3.05, 3.63) is 127 Å². The second-order valence-electron chi connectivity index (χ2n) is 10.6. The van der Waals surface area contributed by atoms with Gasteiger partial charge in [0.05, 0.1) is 43.1 Å². The molecule has 4 aromatic rings. The van der Waals surface area contributed by atoms with Crippen molar-refractivity contribution in [3.8, 4) is 23.0 Å². The number of carbonyl (C=O) groups excluding carboxylic acids is 1. The summed E-state index contributed by atoms with van der Waals surface area (Å²) in [4.78, 5) is 32.0. The fourth-order valence-electron chi connectivity index (χ4n) is 5.40. The number of nitrogens with zero attached hydrogens (tertiary/aromatic N) is 2. The van der Waals surface area contributed by atoms with Gasteiger partial charge in [-0.05, 0) is 74.7 Å². The van der Waals surface area contributed by atoms with Crippen LogP contribution in [0.1, 0.15) is 49.1 Å². The normalized spacial score (nSPS) is 14.0. The second-order valence-corrected chi connectivity index (χ2v) is 11.6. The molecule has 250 valence electrons. The van der Waals surface area contributed by atoms with E-state index in [1.54, 1.807) is 54.6 Å². The fourth-order valence-corrected chi connectivity index (χ4v) is 6.37. The summed E-state index contributed by atoms with van der Waals surface area (Å²) in [5.74, 6) is 1.02. The largest absolute Gasteiger partial charge is 0.490 e. The van der Waals surface area contributed by atoms with E-state index in [-0.39, 0.29) is 23.6 Å². The quantitative estimate of drug-likeness (QED) is 0.126. The summed E-state index contributed by atoms with van der Waals surface area (Å²) < 4.78 is 45.0. The standard InChI is InChI=1S/C37H37FN2O7S/c1-6-12-25-17-23(18-31(46-9-4)34(25)47-22-26-13-10-11-14-28(26)38)19-32-35(41)40-33(27(36(42)43-5)21-39-37(40)48-32)24-15-16-29(44-7-2)30(20-24)45-8-3/h6,10-11,13-21,33H,1,7-9,12,22H2,2-5H3/b32-19-/t33-/m1/s1. The number of methoxy groups -OCH3 is 1. The van der Waals surface area contributed by atoms with Gasteiger partial charge in [-0.2, -0.15) is 0 Å². The number of thiazole rings is 1. The molecule has 0 fully saturated rings. The topological polar surface area (TPSA) is 97.6 Å². The number of rotatable bonds is 14. The van der Waals surface area contributed by atoms with Crippen molar-refractivity contribution in [1.29, 1.82) is 0 Å². The molecular formula is C37H37FN2O7S. The van der Waals surface area contributed by atoms with Gasteiger partial charge in [-0.1, -0.05) is 41.7 Å². The molecule has 0 spiro atoms. The van der Waals surface area contributed by atoms with Crippen LogP contribution in [-0.2, 0) is 22.6 Å². The van der Waals surface area contributed by atoms with Crippen LogP contribution < -0.4 is 33.8 Å². The zero-order valence-electron chi connectivity index (χ0n) is 27.3. The van der Waals surface area contributed by atoms with Gasteiger partial charge in [-0.15, -0.1) is 6.58 Å². The molecule has 1 aliphatic rings. The van der Waals surface area contributed by atoms with Crippen LogP contribution in [0.2, 0.25) is 0 Å². The number of halogens is 1. The van der Waals surface area contributed by atoms with Gasteiger partial charge >= 0.3 is 5.97 Å². The molecular weight excluding hydrogens is 635 g/mol. The van der Waals surface area contributed by atoms with E-state index in [0.717, 1.165) is 5.56 Å². The Morgan fingerprint density at radius 1 is 0.958 bits per heavy atom. The lowest BCUT2D eigenvalue weighted by molar-refractivity contribution is -0.136. The lowest BCUT2D eigenvalue weighted by Crippen LogP contribution is -2.39. The van der Waals surface area contributed by atoms with Crippen molar-refractivity contribution in [1.82, 2.24) is 4.57 Å². The average Bonchev–Trinajstić information content (AvgIpc) is 3.40. The predicted octanol–water partition coefficient (Wildman–Crippen LogP) is 5.66. The van der Waals surface area contributed by atoms with Gasteiger partial charge in [0.15, 0.2) is 27.8 Å². The Labute approximate surface area is 281 Å². The first-order valence-corrected chi connectivity index (χ1v) is 16.4.